The fraction of sp³-hybridized carbons (Fsp3) is 0.526. The Morgan fingerprint density at radius 2 is 1.92 bits per heavy atom. The molecule has 0 spiro atoms. The zero-order valence-corrected chi connectivity index (χ0v) is 16.7. The van der Waals surface area contributed by atoms with E-state index in [-0.39, 0.29) is 5.91 Å². The largest absolute Gasteiger partial charge is 0.342 e. The van der Waals surface area contributed by atoms with Crippen molar-refractivity contribution in [3.63, 3.8) is 0 Å². The Hall–Kier alpha value is -1.40. The molecule has 1 aromatic carbocycles. The number of aromatic nitrogens is 2. The van der Waals surface area contributed by atoms with Crippen LogP contribution in [0.1, 0.15) is 48.2 Å². The zero-order chi connectivity index (χ0) is 17.8. The highest BCUT2D eigenvalue weighted by molar-refractivity contribution is 7.99. The van der Waals surface area contributed by atoms with Gasteiger partial charge in [0.25, 0.3) is 0 Å². The lowest BCUT2D eigenvalue weighted by Gasteiger charge is -2.31. The predicted octanol–water partition coefficient (Wildman–Crippen LogP) is 4.30. The zero-order valence-electron chi connectivity index (χ0n) is 15.1. The van der Waals surface area contributed by atoms with Crippen LogP contribution in [-0.2, 0) is 11.2 Å². The summed E-state index contributed by atoms with van der Waals surface area (Å²) in [5.41, 5.74) is 1.10. The van der Waals surface area contributed by atoms with Crippen molar-refractivity contribution < 1.29 is 4.79 Å². The van der Waals surface area contributed by atoms with E-state index in [0.717, 1.165) is 41.5 Å². The van der Waals surface area contributed by atoms with Crippen LogP contribution < -0.4 is 0 Å². The SMILES string of the molecule is Cc1nnc(C2CCN(C(=O)Cc3ccc(SC(C)C)cc3)CC2)s1. The van der Waals surface area contributed by atoms with Gasteiger partial charge in [-0.15, -0.1) is 33.3 Å². The number of aryl methyl sites for hydroxylation is 1. The van der Waals surface area contributed by atoms with Crippen molar-refractivity contribution in [3.8, 4) is 0 Å². The summed E-state index contributed by atoms with van der Waals surface area (Å²) < 4.78 is 0. The Bertz CT molecular complexity index is 704. The molecular weight excluding hydrogens is 350 g/mol. The van der Waals surface area contributed by atoms with Crippen molar-refractivity contribution in [2.75, 3.05) is 13.1 Å². The number of nitrogens with zero attached hydrogens (tertiary/aromatic N) is 3. The highest BCUT2D eigenvalue weighted by Gasteiger charge is 2.25. The highest BCUT2D eigenvalue weighted by atomic mass is 32.2. The Morgan fingerprint density at radius 1 is 1.24 bits per heavy atom. The van der Waals surface area contributed by atoms with E-state index >= 15 is 0 Å². The third-order valence-corrected chi connectivity index (χ3v) is 6.41. The third-order valence-electron chi connectivity index (χ3n) is 4.39. The van der Waals surface area contributed by atoms with Crippen LogP contribution in [0.3, 0.4) is 0 Å². The van der Waals surface area contributed by atoms with Crippen molar-refractivity contribution in [1.29, 1.82) is 0 Å². The summed E-state index contributed by atoms with van der Waals surface area (Å²) in [7, 11) is 0. The standard InChI is InChI=1S/C19H25N3OS2/c1-13(2)24-17-6-4-15(5-7-17)12-18(23)22-10-8-16(9-11-22)19-21-20-14(3)25-19/h4-7,13,16H,8-12H2,1-3H3. The van der Waals surface area contributed by atoms with E-state index in [0.29, 0.717) is 17.6 Å². The number of carbonyl (C=O) groups is 1. The van der Waals surface area contributed by atoms with Crippen LogP contribution >= 0.6 is 23.1 Å². The molecule has 3 rings (SSSR count). The minimum absolute atomic E-state index is 0.233. The van der Waals surface area contributed by atoms with Crippen LogP contribution in [0.2, 0.25) is 0 Å². The van der Waals surface area contributed by atoms with Crippen molar-refractivity contribution in [2.45, 2.75) is 56.1 Å². The molecule has 1 aliphatic rings. The van der Waals surface area contributed by atoms with Crippen molar-refractivity contribution in [2.24, 2.45) is 0 Å². The maximum Gasteiger partial charge on any atom is 0.226 e. The fourth-order valence-corrected chi connectivity index (χ4v) is 4.80. The average Bonchev–Trinajstić information content (AvgIpc) is 3.03. The summed E-state index contributed by atoms with van der Waals surface area (Å²) in [4.78, 5) is 15.8. The van der Waals surface area contributed by atoms with Crippen LogP contribution in [0.5, 0.6) is 0 Å². The predicted molar refractivity (Wildman–Crippen MR) is 104 cm³/mol. The summed E-state index contributed by atoms with van der Waals surface area (Å²) in [6.45, 7) is 8.02. The molecule has 0 N–H and O–H groups in total. The molecule has 0 aliphatic carbocycles. The number of carbonyl (C=O) groups excluding carboxylic acids is 1. The molecule has 0 radical (unpaired) electrons. The van der Waals surface area contributed by atoms with E-state index in [1.54, 1.807) is 11.3 Å². The molecule has 25 heavy (non-hydrogen) atoms. The number of piperidine rings is 1. The number of hydrogen-bond acceptors (Lipinski definition) is 5. The smallest absolute Gasteiger partial charge is 0.226 e. The van der Waals surface area contributed by atoms with Crippen molar-refractivity contribution in [3.05, 3.63) is 39.8 Å². The average molecular weight is 376 g/mol. The van der Waals surface area contributed by atoms with Gasteiger partial charge in [-0.1, -0.05) is 26.0 Å². The van der Waals surface area contributed by atoms with Crippen molar-refractivity contribution in [1.82, 2.24) is 15.1 Å². The van der Waals surface area contributed by atoms with Gasteiger partial charge in [-0.2, -0.15) is 0 Å². The maximum atomic E-state index is 12.6. The molecule has 6 heteroatoms. The molecule has 1 aromatic heterocycles. The number of amides is 1. The van der Waals surface area contributed by atoms with Gasteiger partial charge in [0.2, 0.25) is 5.91 Å². The molecule has 1 fully saturated rings. The van der Waals surface area contributed by atoms with E-state index in [1.165, 1.54) is 4.90 Å². The molecule has 2 aromatic rings. The van der Waals surface area contributed by atoms with Crippen LogP contribution in [-0.4, -0.2) is 39.3 Å². The van der Waals surface area contributed by atoms with Gasteiger partial charge >= 0.3 is 0 Å². The van der Waals surface area contributed by atoms with Gasteiger partial charge in [0.1, 0.15) is 10.0 Å². The quantitative estimate of drug-likeness (QED) is 0.731. The lowest BCUT2D eigenvalue weighted by Crippen LogP contribution is -2.38. The van der Waals surface area contributed by atoms with E-state index in [9.17, 15) is 4.79 Å². The minimum atomic E-state index is 0.233. The van der Waals surface area contributed by atoms with Gasteiger partial charge in [-0.05, 0) is 37.5 Å². The number of thioether (sulfide) groups is 1. The van der Waals surface area contributed by atoms with Gasteiger partial charge in [0, 0.05) is 29.2 Å². The van der Waals surface area contributed by atoms with Crippen LogP contribution in [0.15, 0.2) is 29.2 Å². The topological polar surface area (TPSA) is 46.1 Å². The second-order valence-corrected chi connectivity index (χ2v) is 9.66. The number of benzene rings is 1. The van der Waals surface area contributed by atoms with E-state index in [2.05, 4.69) is 48.3 Å². The molecule has 0 saturated carbocycles. The van der Waals surface area contributed by atoms with E-state index < -0.39 is 0 Å². The summed E-state index contributed by atoms with van der Waals surface area (Å²) >= 11 is 3.53. The first-order chi connectivity index (χ1) is 12.0. The molecule has 0 unspecified atom stereocenters. The first-order valence-electron chi connectivity index (χ1n) is 8.84. The van der Waals surface area contributed by atoms with Crippen molar-refractivity contribution >= 4 is 29.0 Å². The molecule has 0 atom stereocenters. The Morgan fingerprint density at radius 3 is 2.48 bits per heavy atom. The van der Waals surface area contributed by atoms with Crippen LogP contribution in [0, 0.1) is 6.92 Å². The molecule has 1 aliphatic heterocycles. The second kappa shape index (κ2) is 8.32. The molecule has 1 saturated heterocycles. The van der Waals surface area contributed by atoms with Gasteiger partial charge in [0.05, 0.1) is 6.42 Å². The second-order valence-electron chi connectivity index (χ2n) is 6.80. The highest BCUT2D eigenvalue weighted by Crippen LogP contribution is 2.30. The van der Waals surface area contributed by atoms with E-state index in [1.807, 2.05) is 23.6 Å². The lowest BCUT2D eigenvalue weighted by atomic mass is 9.97. The minimum Gasteiger partial charge on any atom is -0.342 e. The van der Waals surface area contributed by atoms with Gasteiger partial charge in [0.15, 0.2) is 0 Å². The molecule has 4 nitrogen and oxygen atoms in total. The Balaban J connectivity index is 1.51. The van der Waals surface area contributed by atoms with Gasteiger partial charge in [-0.3, -0.25) is 4.79 Å². The number of rotatable bonds is 5. The monoisotopic (exact) mass is 375 g/mol. The summed E-state index contributed by atoms with van der Waals surface area (Å²) in [6, 6.07) is 8.41. The molecular formula is C19H25N3OS2. The Kier molecular flexibility index (Phi) is 6.12. The van der Waals surface area contributed by atoms with Crippen LogP contribution in [0.25, 0.3) is 0 Å². The molecule has 134 valence electrons. The summed E-state index contributed by atoms with van der Waals surface area (Å²) in [5, 5.41) is 11.1. The number of likely N-dealkylation sites (tertiary alicyclic amines) is 1. The van der Waals surface area contributed by atoms with Gasteiger partial charge < -0.3 is 4.90 Å². The fourth-order valence-electron chi connectivity index (χ4n) is 3.10. The Labute approximate surface area is 158 Å². The molecule has 1 amide bonds. The first kappa shape index (κ1) is 18.4. The lowest BCUT2D eigenvalue weighted by molar-refractivity contribution is -0.131. The van der Waals surface area contributed by atoms with E-state index in [4.69, 9.17) is 0 Å². The summed E-state index contributed by atoms with van der Waals surface area (Å²) in [5.74, 6) is 0.693. The third kappa shape index (κ3) is 5.05. The maximum absolute atomic E-state index is 12.6. The molecule has 0 bridgehead atoms. The van der Waals surface area contributed by atoms with Crippen LogP contribution in [0.4, 0.5) is 0 Å². The normalized spacial score (nSPS) is 15.8. The molecule has 2 heterocycles. The summed E-state index contributed by atoms with van der Waals surface area (Å²) in [6.07, 6.45) is 2.48. The number of hydrogen-bond donors (Lipinski definition) is 0. The van der Waals surface area contributed by atoms with Gasteiger partial charge in [-0.25, -0.2) is 0 Å². The first-order valence-corrected chi connectivity index (χ1v) is 10.5.